The topological polar surface area (TPSA) is 121 Å². The summed E-state index contributed by atoms with van der Waals surface area (Å²) in [5.41, 5.74) is 3.59. The van der Waals surface area contributed by atoms with Crippen LogP contribution in [0.2, 0.25) is 0 Å². The van der Waals surface area contributed by atoms with Crippen LogP contribution < -0.4 is 9.80 Å². The summed E-state index contributed by atoms with van der Waals surface area (Å²) in [6.07, 6.45) is 2.64. The molecule has 0 spiro atoms. The SMILES string of the molecule is C[C@@]12C(=O)N(c3ccccc3)C(=O)[C@@H]1C[C@@H]1C(=CC[C@@H]3C(=O)N(c4ccc(-c5nc6ccccc6o5)cc4)C(=O)[C@@H]31)[C@@H]2c1ccc(O)c2ccccc12. The van der Waals surface area contributed by atoms with E-state index in [1.807, 2.05) is 73.7 Å². The first-order chi connectivity index (χ1) is 25.8. The second-order valence-corrected chi connectivity index (χ2v) is 14.8. The van der Waals surface area contributed by atoms with E-state index in [-0.39, 0.29) is 35.8 Å². The summed E-state index contributed by atoms with van der Waals surface area (Å²) in [5, 5.41) is 12.3. The Kier molecular flexibility index (Phi) is 6.71. The molecule has 260 valence electrons. The Labute approximate surface area is 304 Å². The number of anilines is 2. The van der Waals surface area contributed by atoms with Crippen LogP contribution in [0.3, 0.4) is 0 Å². The molecular weight excluding hydrogens is 666 g/mol. The van der Waals surface area contributed by atoms with Gasteiger partial charge in [-0.15, -0.1) is 0 Å². The number of nitrogens with zero attached hydrogens (tertiary/aromatic N) is 3. The van der Waals surface area contributed by atoms with Crippen molar-refractivity contribution >= 4 is 56.9 Å². The normalized spacial score (nSPS) is 26.6. The lowest BCUT2D eigenvalue weighted by molar-refractivity contribution is -0.131. The van der Waals surface area contributed by atoms with Crippen LogP contribution in [0.15, 0.2) is 131 Å². The van der Waals surface area contributed by atoms with E-state index in [4.69, 9.17) is 4.42 Å². The highest BCUT2D eigenvalue weighted by Gasteiger charge is 2.67. The van der Waals surface area contributed by atoms with E-state index in [9.17, 15) is 24.3 Å². The van der Waals surface area contributed by atoms with Gasteiger partial charge in [-0.1, -0.05) is 72.3 Å². The number of para-hydroxylation sites is 3. The minimum absolute atomic E-state index is 0.116. The molecule has 0 unspecified atom stereocenters. The largest absolute Gasteiger partial charge is 0.507 e. The Morgan fingerprint density at radius 1 is 0.717 bits per heavy atom. The molecule has 0 radical (unpaired) electrons. The summed E-state index contributed by atoms with van der Waals surface area (Å²) in [4.78, 5) is 65.3. The van der Waals surface area contributed by atoms with E-state index in [2.05, 4.69) is 4.98 Å². The van der Waals surface area contributed by atoms with E-state index in [0.717, 1.165) is 22.0 Å². The predicted molar refractivity (Wildman–Crippen MR) is 199 cm³/mol. The van der Waals surface area contributed by atoms with Crippen molar-refractivity contribution in [3.63, 3.8) is 0 Å². The average molecular weight is 700 g/mol. The zero-order valence-electron chi connectivity index (χ0n) is 28.7. The van der Waals surface area contributed by atoms with E-state index in [0.29, 0.717) is 40.2 Å². The molecule has 9 nitrogen and oxygen atoms in total. The zero-order valence-corrected chi connectivity index (χ0v) is 28.7. The van der Waals surface area contributed by atoms with Gasteiger partial charge in [0.25, 0.3) is 0 Å². The Hall–Kier alpha value is -6.35. The number of carbonyl (C=O) groups excluding carboxylic acids is 4. The van der Waals surface area contributed by atoms with E-state index in [1.165, 1.54) is 9.80 Å². The third-order valence-corrected chi connectivity index (χ3v) is 12.2. The zero-order chi connectivity index (χ0) is 36.2. The number of allylic oxidation sites excluding steroid dienone is 2. The van der Waals surface area contributed by atoms with Gasteiger partial charge in [0.2, 0.25) is 29.5 Å². The smallest absolute Gasteiger partial charge is 0.241 e. The maximum absolute atomic E-state index is 14.8. The Morgan fingerprint density at radius 3 is 2.19 bits per heavy atom. The number of rotatable bonds is 4. The quantitative estimate of drug-likeness (QED) is 0.147. The number of oxazole rings is 1. The molecule has 1 N–H and O–H groups in total. The number of phenols is 1. The maximum atomic E-state index is 14.8. The molecule has 3 fully saturated rings. The number of benzene rings is 5. The number of hydrogen-bond donors (Lipinski definition) is 1. The highest BCUT2D eigenvalue weighted by atomic mass is 16.3. The number of carbonyl (C=O) groups is 4. The van der Waals surface area contributed by atoms with Crippen LogP contribution in [0.1, 0.15) is 31.2 Å². The lowest BCUT2D eigenvalue weighted by Gasteiger charge is -2.49. The minimum atomic E-state index is -1.19. The van der Waals surface area contributed by atoms with Gasteiger partial charge in [0.1, 0.15) is 11.3 Å². The molecule has 0 bridgehead atoms. The lowest BCUT2D eigenvalue weighted by Crippen LogP contribution is -2.49. The molecule has 4 amide bonds. The molecule has 4 aliphatic rings. The van der Waals surface area contributed by atoms with Gasteiger partial charge >= 0.3 is 0 Å². The van der Waals surface area contributed by atoms with Crippen molar-refractivity contribution in [3.8, 4) is 17.2 Å². The minimum Gasteiger partial charge on any atom is -0.507 e. The highest BCUT2D eigenvalue weighted by molar-refractivity contribution is 6.25. The van der Waals surface area contributed by atoms with Crippen molar-refractivity contribution in [2.45, 2.75) is 25.7 Å². The van der Waals surface area contributed by atoms with E-state index >= 15 is 0 Å². The molecule has 6 atom stereocenters. The number of imide groups is 2. The first kappa shape index (κ1) is 31.4. The van der Waals surface area contributed by atoms with Gasteiger partial charge in [-0.3, -0.25) is 24.1 Å². The number of hydrogen-bond acceptors (Lipinski definition) is 7. The van der Waals surface area contributed by atoms with Crippen molar-refractivity contribution in [2.75, 3.05) is 9.80 Å². The summed E-state index contributed by atoms with van der Waals surface area (Å²) in [6.45, 7) is 1.88. The van der Waals surface area contributed by atoms with E-state index in [1.54, 1.807) is 54.6 Å². The molecule has 2 aliphatic heterocycles. The molecule has 1 saturated carbocycles. The summed E-state index contributed by atoms with van der Waals surface area (Å²) in [5.74, 6) is -3.73. The molecule has 2 aliphatic carbocycles. The average Bonchev–Trinajstić information content (AvgIpc) is 3.79. The van der Waals surface area contributed by atoms with Gasteiger partial charge in [0.05, 0.1) is 34.5 Å². The summed E-state index contributed by atoms with van der Waals surface area (Å²) in [6, 6.07) is 34.5. The third-order valence-electron chi connectivity index (χ3n) is 12.2. The lowest BCUT2D eigenvalue weighted by atomic mass is 9.51. The number of aromatic nitrogens is 1. The van der Waals surface area contributed by atoms with E-state index < -0.39 is 35.0 Å². The molecule has 3 heterocycles. The van der Waals surface area contributed by atoms with Crippen molar-refractivity contribution in [3.05, 3.63) is 132 Å². The summed E-state index contributed by atoms with van der Waals surface area (Å²) < 4.78 is 5.94. The first-order valence-electron chi connectivity index (χ1n) is 17.9. The maximum Gasteiger partial charge on any atom is 0.241 e. The molecule has 6 aromatic rings. The van der Waals surface area contributed by atoms with Gasteiger partial charge in [-0.05, 0) is 91.2 Å². The van der Waals surface area contributed by atoms with Gasteiger partial charge in [0.15, 0.2) is 5.58 Å². The third kappa shape index (κ3) is 4.33. The molecule has 5 aromatic carbocycles. The molecule has 1 aromatic heterocycles. The predicted octanol–water partition coefficient (Wildman–Crippen LogP) is 7.79. The molecule has 2 saturated heterocycles. The second kappa shape index (κ2) is 11.3. The number of fused-ring (bicyclic) bond motifs is 6. The van der Waals surface area contributed by atoms with Crippen LogP contribution in [0.4, 0.5) is 11.4 Å². The van der Waals surface area contributed by atoms with Crippen LogP contribution in [0.25, 0.3) is 33.3 Å². The molecule has 9 heteroatoms. The van der Waals surface area contributed by atoms with Crippen LogP contribution in [0.5, 0.6) is 5.75 Å². The summed E-state index contributed by atoms with van der Waals surface area (Å²) in [7, 11) is 0. The second-order valence-electron chi connectivity index (χ2n) is 14.8. The fourth-order valence-corrected chi connectivity index (χ4v) is 9.74. The fraction of sp³-hybridized carbons (Fsp3) is 0.205. The van der Waals surface area contributed by atoms with Crippen molar-refractivity contribution < 1.29 is 28.7 Å². The standard InChI is InChI=1S/C44H33N3O6/c1-44-33(41(50)47(43(44)52)25-9-3-2-4-10-25)23-32-30(38(44)29-21-22-35(48)28-12-6-5-11-27(28)29)19-20-31-37(32)42(51)46(40(31)49)26-17-15-24(16-18-26)39-45-34-13-7-8-14-36(34)53-39/h2-19,21-22,31-33,37-38,48H,20,23H2,1H3/t31-,32+,33-,37-,38-,44+/m0/s1. The van der Waals surface area contributed by atoms with Crippen molar-refractivity contribution in [2.24, 2.45) is 29.1 Å². The Morgan fingerprint density at radius 2 is 1.42 bits per heavy atom. The van der Waals surface area contributed by atoms with Gasteiger partial charge < -0.3 is 9.52 Å². The Bertz CT molecular complexity index is 2540. The van der Waals surface area contributed by atoms with Crippen LogP contribution >= 0.6 is 0 Å². The number of aromatic hydroxyl groups is 1. The van der Waals surface area contributed by atoms with Gasteiger partial charge in [-0.2, -0.15) is 0 Å². The van der Waals surface area contributed by atoms with Crippen LogP contribution in [0, 0.1) is 29.1 Å². The first-order valence-corrected chi connectivity index (χ1v) is 17.9. The number of phenolic OH excluding ortho intramolecular Hbond substituents is 1. The monoisotopic (exact) mass is 699 g/mol. The number of amides is 4. The molecule has 53 heavy (non-hydrogen) atoms. The Balaban J connectivity index is 1.06. The molecular formula is C44H33N3O6. The summed E-state index contributed by atoms with van der Waals surface area (Å²) >= 11 is 0. The van der Waals surface area contributed by atoms with Gasteiger partial charge in [0, 0.05) is 16.9 Å². The molecule has 10 rings (SSSR count). The highest BCUT2D eigenvalue weighted by Crippen LogP contribution is 2.64. The van der Waals surface area contributed by atoms with Gasteiger partial charge in [-0.25, -0.2) is 9.88 Å². The fourth-order valence-electron chi connectivity index (χ4n) is 9.74. The van der Waals surface area contributed by atoms with Crippen LogP contribution in [-0.4, -0.2) is 33.7 Å². The van der Waals surface area contributed by atoms with Crippen LogP contribution in [-0.2, 0) is 19.2 Å². The van der Waals surface area contributed by atoms with Crippen molar-refractivity contribution in [1.29, 1.82) is 0 Å². The van der Waals surface area contributed by atoms with Crippen molar-refractivity contribution in [1.82, 2.24) is 4.98 Å².